The van der Waals surface area contributed by atoms with Crippen molar-refractivity contribution in [3.63, 3.8) is 0 Å². The molecular formula is C26H27N3O. The van der Waals surface area contributed by atoms with Gasteiger partial charge in [0.05, 0.1) is 6.04 Å². The van der Waals surface area contributed by atoms with E-state index in [2.05, 4.69) is 58.7 Å². The largest absolute Gasteiger partial charge is 0.327 e. The lowest BCUT2D eigenvalue weighted by atomic mass is 9.96. The molecular weight excluding hydrogens is 370 g/mol. The molecule has 0 saturated carbocycles. The van der Waals surface area contributed by atoms with Crippen LogP contribution in [0.1, 0.15) is 28.3 Å². The van der Waals surface area contributed by atoms with Crippen LogP contribution in [0, 0.1) is 0 Å². The summed E-state index contributed by atoms with van der Waals surface area (Å²) in [7, 11) is 0. The summed E-state index contributed by atoms with van der Waals surface area (Å²) in [5.74, 6) is 0. The number of carbonyl (C=O) groups excluding carboxylic acids is 1. The lowest BCUT2D eigenvalue weighted by Gasteiger charge is -2.47. The number of hydrogen-bond donors (Lipinski definition) is 1. The van der Waals surface area contributed by atoms with Crippen LogP contribution in [0.3, 0.4) is 0 Å². The van der Waals surface area contributed by atoms with Crippen LogP contribution in [-0.4, -0.2) is 41.5 Å². The second-order valence-corrected chi connectivity index (χ2v) is 8.25. The Morgan fingerprint density at radius 3 is 2.00 bits per heavy atom. The van der Waals surface area contributed by atoms with Gasteiger partial charge in [-0.2, -0.15) is 0 Å². The first-order valence-corrected chi connectivity index (χ1v) is 10.7. The van der Waals surface area contributed by atoms with E-state index in [0.717, 1.165) is 43.7 Å². The van der Waals surface area contributed by atoms with Crippen LogP contribution in [0.5, 0.6) is 0 Å². The van der Waals surface area contributed by atoms with Crippen molar-refractivity contribution in [2.75, 3.05) is 19.6 Å². The molecule has 2 aliphatic rings. The van der Waals surface area contributed by atoms with E-state index in [1.165, 1.54) is 11.1 Å². The standard InChI is InChI=1S/C26H27N3O/c30-26(27-25(21-10-3-1-4-11-21)22-12-5-2-6-13-22)29-18-24(19-29)28-16-15-20-9-7-8-14-23(20)17-28/h1-14,24-25H,15-19H2,(H,27,30). The van der Waals surface area contributed by atoms with Crippen molar-refractivity contribution >= 4 is 6.03 Å². The summed E-state index contributed by atoms with van der Waals surface area (Å²) in [5, 5.41) is 3.26. The number of nitrogens with one attached hydrogen (secondary N) is 1. The first-order valence-electron chi connectivity index (χ1n) is 10.7. The molecule has 2 aliphatic heterocycles. The second-order valence-electron chi connectivity index (χ2n) is 8.25. The molecule has 0 aromatic heterocycles. The number of amides is 2. The van der Waals surface area contributed by atoms with Crippen molar-refractivity contribution in [3.8, 4) is 0 Å². The van der Waals surface area contributed by atoms with Gasteiger partial charge in [-0.3, -0.25) is 4.90 Å². The molecule has 0 atom stereocenters. The highest BCUT2D eigenvalue weighted by Crippen LogP contribution is 2.26. The van der Waals surface area contributed by atoms with Gasteiger partial charge < -0.3 is 10.2 Å². The van der Waals surface area contributed by atoms with Gasteiger partial charge in [-0.05, 0) is 28.7 Å². The number of urea groups is 1. The van der Waals surface area contributed by atoms with Crippen LogP contribution < -0.4 is 5.32 Å². The van der Waals surface area contributed by atoms with E-state index < -0.39 is 0 Å². The van der Waals surface area contributed by atoms with Gasteiger partial charge >= 0.3 is 6.03 Å². The van der Waals surface area contributed by atoms with E-state index in [9.17, 15) is 4.79 Å². The second kappa shape index (κ2) is 8.33. The maximum Gasteiger partial charge on any atom is 0.318 e. The minimum absolute atomic E-state index is 0.0152. The minimum atomic E-state index is -0.138. The molecule has 0 aliphatic carbocycles. The van der Waals surface area contributed by atoms with Gasteiger partial charge in [0.1, 0.15) is 0 Å². The maximum atomic E-state index is 13.0. The molecule has 1 fully saturated rings. The number of hydrogen-bond acceptors (Lipinski definition) is 2. The number of nitrogens with zero attached hydrogens (tertiary/aromatic N) is 2. The van der Waals surface area contributed by atoms with Crippen molar-refractivity contribution in [3.05, 3.63) is 107 Å². The van der Waals surface area contributed by atoms with Crippen LogP contribution in [0.4, 0.5) is 4.79 Å². The van der Waals surface area contributed by atoms with E-state index in [4.69, 9.17) is 0 Å². The van der Waals surface area contributed by atoms with Gasteiger partial charge in [0.15, 0.2) is 0 Å². The number of rotatable bonds is 4. The first-order chi connectivity index (χ1) is 14.8. The molecule has 30 heavy (non-hydrogen) atoms. The highest BCUT2D eigenvalue weighted by molar-refractivity contribution is 5.76. The van der Waals surface area contributed by atoms with Crippen LogP contribution >= 0.6 is 0 Å². The first kappa shape index (κ1) is 18.9. The fourth-order valence-corrected chi connectivity index (χ4v) is 4.55. The van der Waals surface area contributed by atoms with Crippen LogP contribution in [-0.2, 0) is 13.0 Å². The average Bonchev–Trinajstić information content (AvgIpc) is 2.77. The summed E-state index contributed by atoms with van der Waals surface area (Å²) in [5.41, 5.74) is 5.10. The highest BCUT2D eigenvalue weighted by Gasteiger charge is 2.36. The third kappa shape index (κ3) is 3.83. The summed E-state index contributed by atoms with van der Waals surface area (Å²) in [4.78, 5) is 17.5. The SMILES string of the molecule is O=C(NC(c1ccccc1)c1ccccc1)N1CC(N2CCc3ccccc3C2)C1. The topological polar surface area (TPSA) is 35.6 Å². The number of fused-ring (bicyclic) bond motifs is 1. The number of carbonyl (C=O) groups is 1. The van der Waals surface area contributed by atoms with Crippen LogP contribution in [0.15, 0.2) is 84.9 Å². The van der Waals surface area contributed by atoms with Crippen LogP contribution in [0.25, 0.3) is 0 Å². The summed E-state index contributed by atoms with van der Waals surface area (Å²) in [6, 6.07) is 29.4. The molecule has 0 unspecified atom stereocenters. The molecule has 4 nitrogen and oxygen atoms in total. The summed E-state index contributed by atoms with van der Waals surface area (Å²) in [6.45, 7) is 3.66. The summed E-state index contributed by atoms with van der Waals surface area (Å²) >= 11 is 0. The van der Waals surface area contributed by atoms with Gasteiger partial charge in [0.2, 0.25) is 0 Å². The van der Waals surface area contributed by atoms with Gasteiger partial charge in [0.25, 0.3) is 0 Å². The molecule has 5 rings (SSSR count). The lowest BCUT2D eigenvalue weighted by molar-refractivity contribution is 0.0477. The molecule has 3 aromatic carbocycles. The molecule has 2 amide bonds. The van der Waals surface area contributed by atoms with Crippen molar-refractivity contribution in [2.24, 2.45) is 0 Å². The zero-order valence-electron chi connectivity index (χ0n) is 17.1. The molecule has 0 spiro atoms. The van der Waals surface area contributed by atoms with Crippen molar-refractivity contribution in [1.29, 1.82) is 0 Å². The third-order valence-electron chi connectivity index (χ3n) is 6.36. The van der Waals surface area contributed by atoms with Gasteiger partial charge in [-0.25, -0.2) is 4.79 Å². The van der Waals surface area contributed by atoms with Crippen molar-refractivity contribution in [2.45, 2.75) is 25.0 Å². The summed E-state index contributed by atoms with van der Waals surface area (Å²) < 4.78 is 0. The molecule has 1 saturated heterocycles. The minimum Gasteiger partial charge on any atom is -0.327 e. The van der Waals surface area contributed by atoms with E-state index in [0.29, 0.717) is 6.04 Å². The van der Waals surface area contributed by atoms with E-state index in [-0.39, 0.29) is 12.1 Å². The third-order valence-corrected chi connectivity index (χ3v) is 6.36. The van der Waals surface area contributed by atoms with Gasteiger partial charge in [-0.15, -0.1) is 0 Å². The molecule has 1 N–H and O–H groups in total. The van der Waals surface area contributed by atoms with E-state index >= 15 is 0 Å². The normalized spacial score (nSPS) is 16.8. The molecule has 152 valence electrons. The average molecular weight is 398 g/mol. The van der Waals surface area contributed by atoms with Gasteiger partial charge in [-0.1, -0.05) is 84.9 Å². The predicted octanol–water partition coefficient (Wildman–Crippen LogP) is 4.23. The fraction of sp³-hybridized carbons (Fsp3) is 0.269. The number of likely N-dealkylation sites (tertiary alicyclic amines) is 1. The quantitative estimate of drug-likeness (QED) is 0.715. The van der Waals surface area contributed by atoms with Gasteiger partial charge in [0, 0.05) is 32.2 Å². The highest BCUT2D eigenvalue weighted by atomic mass is 16.2. The zero-order valence-corrected chi connectivity index (χ0v) is 17.1. The predicted molar refractivity (Wildman–Crippen MR) is 119 cm³/mol. The smallest absolute Gasteiger partial charge is 0.318 e. The van der Waals surface area contributed by atoms with Crippen LogP contribution in [0.2, 0.25) is 0 Å². The van der Waals surface area contributed by atoms with E-state index in [1.807, 2.05) is 41.3 Å². The maximum absolute atomic E-state index is 13.0. The Balaban J connectivity index is 1.23. The Hall–Kier alpha value is -3.11. The lowest BCUT2D eigenvalue weighted by Crippen LogP contribution is -2.63. The Kier molecular flexibility index (Phi) is 5.24. The molecule has 2 heterocycles. The molecule has 3 aromatic rings. The fourth-order valence-electron chi connectivity index (χ4n) is 4.55. The Bertz CT molecular complexity index is 960. The van der Waals surface area contributed by atoms with Crippen molar-refractivity contribution in [1.82, 2.24) is 15.1 Å². The number of benzene rings is 3. The monoisotopic (exact) mass is 397 g/mol. The Morgan fingerprint density at radius 1 is 0.800 bits per heavy atom. The molecule has 4 heteroatoms. The molecule has 0 radical (unpaired) electrons. The van der Waals surface area contributed by atoms with Crippen molar-refractivity contribution < 1.29 is 4.79 Å². The van der Waals surface area contributed by atoms with E-state index in [1.54, 1.807) is 0 Å². The Morgan fingerprint density at radius 2 is 1.37 bits per heavy atom. The Labute approximate surface area is 178 Å². The molecule has 0 bridgehead atoms. The summed E-state index contributed by atoms with van der Waals surface area (Å²) in [6.07, 6.45) is 1.10. The zero-order chi connectivity index (χ0) is 20.3.